The number of rotatable bonds is 4. The van der Waals surface area contributed by atoms with Crippen LogP contribution in [0.5, 0.6) is 0 Å². The fourth-order valence-electron chi connectivity index (χ4n) is 3.79. The van der Waals surface area contributed by atoms with Crippen LogP contribution in [0.4, 0.5) is 0 Å². The lowest BCUT2D eigenvalue weighted by atomic mass is 9.99. The van der Waals surface area contributed by atoms with Crippen LogP contribution in [0.15, 0.2) is 42.5 Å². The molecule has 2 heterocycles. The Morgan fingerprint density at radius 2 is 1.81 bits per heavy atom. The summed E-state index contributed by atoms with van der Waals surface area (Å²) in [6.07, 6.45) is 9.26. The van der Waals surface area contributed by atoms with Crippen LogP contribution >= 0.6 is 11.3 Å². The maximum absolute atomic E-state index is 12.8. The molecule has 1 amide bonds. The SMILES string of the molecule is O=C(c1cc2c(s1)CCCC2)N1CCN(C/C=C/c2ccccc2)CC1. The normalized spacial score (nSPS) is 18.2. The summed E-state index contributed by atoms with van der Waals surface area (Å²) in [5, 5.41) is 0. The lowest BCUT2D eigenvalue weighted by molar-refractivity contribution is 0.0655. The second-order valence-electron chi connectivity index (χ2n) is 7.17. The summed E-state index contributed by atoms with van der Waals surface area (Å²) < 4.78 is 0. The molecule has 2 aliphatic rings. The highest BCUT2D eigenvalue weighted by molar-refractivity contribution is 7.14. The van der Waals surface area contributed by atoms with Crippen LogP contribution in [0.2, 0.25) is 0 Å². The largest absolute Gasteiger partial charge is 0.335 e. The van der Waals surface area contributed by atoms with Crippen molar-refractivity contribution in [1.82, 2.24) is 9.80 Å². The molecule has 2 aromatic rings. The first-order valence-electron chi connectivity index (χ1n) is 9.64. The molecule has 4 rings (SSSR count). The number of benzene rings is 1. The van der Waals surface area contributed by atoms with Crippen LogP contribution in [0.1, 0.15) is 38.5 Å². The Bertz CT molecular complexity index is 749. The Hall–Kier alpha value is -1.91. The zero-order valence-corrected chi connectivity index (χ0v) is 16.0. The molecule has 0 unspecified atom stereocenters. The van der Waals surface area contributed by atoms with Gasteiger partial charge in [0.1, 0.15) is 0 Å². The van der Waals surface area contributed by atoms with Gasteiger partial charge in [-0.1, -0.05) is 42.5 Å². The van der Waals surface area contributed by atoms with Crippen LogP contribution in [-0.2, 0) is 12.8 Å². The number of piperazine rings is 1. The van der Waals surface area contributed by atoms with E-state index in [-0.39, 0.29) is 5.91 Å². The van der Waals surface area contributed by atoms with Crippen molar-refractivity contribution in [3.8, 4) is 0 Å². The van der Waals surface area contributed by atoms with Crippen LogP contribution in [0, 0.1) is 0 Å². The number of thiophene rings is 1. The van der Waals surface area contributed by atoms with Crippen molar-refractivity contribution in [2.45, 2.75) is 25.7 Å². The Balaban J connectivity index is 1.28. The minimum absolute atomic E-state index is 0.240. The first kappa shape index (κ1) is 17.5. The van der Waals surface area contributed by atoms with Gasteiger partial charge in [0.05, 0.1) is 4.88 Å². The highest BCUT2D eigenvalue weighted by atomic mass is 32.1. The predicted octanol–water partition coefficient (Wildman–Crippen LogP) is 4.10. The summed E-state index contributed by atoms with van der Waals surface area (Å²) in [4.78, 5) is 19.7. The molecular weight excluding hydrogens is 340 g/mol. The summed E-state index contributed by atoms with van der Waals surface area (Å²) in [6.45, 7) is 4.53. The van der Waals surface area contributed by atoms with E-state index in [1.165, 1.54) is 28.8 Å². The van der Waals surface area contributed by atoms with Gasteiger partial charge in [-0.25, -0.2) is 0 Å². The zero-order valence-electron chi connectivity index (χ0n) is 15.2. The number of carbonyl (C=O) groups excluding carboxylic acids is 1. The Kier molecular flexibility index (Phi) is 5.51. The third-order valence-corrected chi connectivity index (χ3v) is 6.57. The summed E-state index contributed by atoms with van der Waals surface area (Å²) in [6, 6.07) is 12.6. The Morgan fingerprint density at radius 1 is 1.04 bits per heavy atom. The van der Waals surface area contributed by atoms with Crippen molar-refractivity contribution in [3.05, 3.63) is 63.4 Å². The molecule has 1 aromatic heterocycles. The van der Waals surface area contributed by atoms with Crippen molar-refractivity contribution in [2.75, 3.05) is 32.7 Å². The number of hydrogen-bond donors (Lipinski definition) is 0. The first-order valence-corrected chi connectivity index (χ1v) is 10.5. The van der Waals surface area contributed by atoms with E-state index >= 15 is 0 Å². The average molecular weight is 367 g/mol. The third-order valence-electron chi connectivity index (χ3n) is 5.34. The molecule has 1 saturated heterocycles. The van der Waals surface area contributed by atoms with Crippen molar-refractivity contribution < 1.29 is 4.79 Å². The molecule has 136 valence electrons. The fourth-order valence-corrected chi connectivity index (χ4v) is 5.01. The molecule has 0 N–H and O–H groups in total. The van der Waals surface area contributed by atoms with Gasteiger partial charge < -0.3 is 4.90 Å². The molecule has 3 nitrogen and oxygen atoms in total. The summed E-state index contributed by atoms with van der Waals surface area (Å²) in [5.74, 6) is 0.240. The molecule has 26 heavy (non-hydrogen) atoms. The third kappa shape index (κ3) is 4.08. The van der Waals surface area contributed by atoms with Crippen LogP contribution in [-0.4, -0.2) is 48.4 Å². The van der Waals surface area contributed by atoms with Gasteiger partial charge in [0, 0.05) is 37.6 Å². The van der Waals surface area contributed by atoms with Gasteiger partial charge in [-0.05, 0) is 42.9 Å². The molecule has 1 aliphatic carbocycles. The molecule has 1 aromatic carbocycles. The van der Waals surface area contributed by atoms with Gasteiger partial charge in [0.25, 0.3) is 5.91 Å². The average Bonchev–Trinajstić information content (AvgIpc) is 3.13. The monoisotopic (exact) mass is 366 g/mol. The predicted molar refractivity (Wildman–Crippen MR) is 109 cm³/mol. The van der Waals surface area contributed by atoms with E-state index in [2.05, 4.69) is 47.4 Å². The van der Waals surface area contributed by atoms with Gasteiger partial charge in [0.15, 0.2) is 0 Å². The highest BCUT2D eigenvalue weighted by Crippen LogP contribution is 2.30. The Morgan fingerprint density at radius 3 is 2.58 bits per heavy atom. The highest BCUT2D eigenvalue weighted by Gasteiger charge is 2.24. The molecule has 0 radical (unpaired) electrons. The maximum atomic E-state index is 12.8. The lowest BCUT2D eigenvalue weighted by Gasteiger charge is -2.33. The first-order chi connectivity index (χ1) is 12.8. The zero-order chi connectivity index (χ0) is 17.8. The van der Waals surface area contributed by atoms with Crippen LogP contribution < -0.4 is 0 Å². The van der Waals surface area contributed by atoms with E-state index in [0.717, 1.165) is 50.4 Å². The lowest BCUT2D eigenvalue weighted by Crippen LogP contribution is -2.48. The van der Waals surface area contributed by atoms with E-state index in [0.29, 0.717) is 0 Å². The van der Waals surface area contributed by atoms with E-state index in [4.69, 9.17) is 0 Å². The molecule has 1 aliphatic heterocycles. The molecule has 0 saturated carbocycles. The standard InChI is InChI=1S/C22H26N2OS/c25-22(21-17-19-10-4-5-11-20(19)26-21)24-15-13-23(14-16-24)12-6-9-18-7-2-1-3-8-18/h1-3,6-9,17H,4-5,10-16H2/b9-6+. The minimum atomic E-state index is 0.240. The van der Waals surface area contributed by atoms with Crippen molar-refractivity contribution in [3.63, 3.8) is 0 Å². The van der Waals surface area contributed by atoms with Crippen molar-refractivity contribution in [2.24, 2.45) is 0 Å². The van der Waals surface area contributed by atoms with Gasteiger partial charge in [-0.2, -0.15) is 0 Å². The van der Waals surface area contributed by atoms with Gasteiger partial charge >= 0.3 is 0 Å². The number of nitrogens with zero attached hydrogens (tertiary/aromatic N) is 2. The number of hydrogen-bond acceptors (Lipinski definition) is 3. The summed E-state index contributed by atoms with van der Waals surface area (Å²) in [7, 11) is 0. The van der Waals surface area contributed by atoms with Gasteiger partial charge in [0.2, 0.25) is 0 Å². The smallest absolute Gasteiger partial charge is 0.264 e. The van der Waals surface area contributed by atoms with E-state index < -0.39 is 0 Å². The second kappa shape index (κ2) is 8.19. The van der Waals surface area contributed by atoms with E-state index in [1.54, 1.807) is 11.3 Å². The number of carbonyl (C=O) groups is 1. The molecule has 0 atom stereocenters. The van der Waals surface area contributed by atoms with E-state index in [9.17, 15) is 4.79 Å². The topological polar surface area (TPSA) is 23.6 Å². The number of fused-ring (bicyclic) bond motifs is 1. The van der Waals surface area contributed by atoms with Crippen molar-refractivity contribution >= 4 is 23.3 Å². The van der Waals surface area contributed by atoms with E-state index in [1.807, 2.05) is 11.0 Å². The van der Waals surface area contributed by atoms with Gasteiger partial charge in [-0.3, -0.25) is 9.69 Å². The quantitative estimate of drug-likeness (QED) is 0.813. The number of aryl methyl sites for hydroxylation is 2. The molecular formula is C22H26N2OS. The fraction of sp³-hybridized carbons (Fsp3) is 0.409. The van der Waals surface area contributed by atoms with Gasteiger partial charge in [-0.15, -0.1) is 11.3 Å². The van der Waals surface area contributed by atoms with Crippen molar-refractivity contribution in [1.29, 1.82) is 0 Å². The number of amides is 1. The van der Waals surface area contributed by atoms with Crippen LogP contribution in [0.25, 0.3) is 6.08 Å². The Labute approximate surface area is 159 Å². The summed E-state index contributed by atoms with van der Waals surface area (Å²) >= 11 is 1.73. The molecule has 4 heteroatoms. The molecule has 0 spiro atoms. The minimum Gasteiger partial charge on any atom is -0.335 e. The second-order valence-corrected chi connectivity index (χ2v) is 8.31. The maximum Gasteiger partial charge on any atom is 0.264 e. The summed E-state index contributed by atoms with van der Waals surface area (Å²) in [5.41, 5.74) is 2.66. The van der Waals surface area contributed by atoms with Crippen LogP contribution in [0.3, 0.4) is 0 Å². The molecule has 0 bridgehead atoms. The molecule has 1 fully saturated rings.